The van der Waals surface area contributed by atoms with Gasteiger partial charge in [-0.05, 0) is 31.9 Å². The number of pyridine rings is 1. The average molecular weight is 463 g/mol. The Labute approximate surface area is 191 Å². The van der Waals surface area contributed by atoms with Crippen LogP contribution in [0.5, 0.6) is 0 Å². The Morgan fingerprint density at radius 1 is 1.06 bits per heavy atom. The SMILES string of the molecule is CC.Cc1nc2c(c(N3CCC3)n1)CN(C(=O)C1CCN(c3ccc(C(F)(F)F)nc3)C1)C2. The van der Waals surface area contributed by atoms with E-state index in [9.17, 15) is 18.0 Å². The summed E-state index contributed by atoms with van der Waals surface area (Å²) < 4.78 is 38.2. The lowest BCUT2D eigenvalue weighted by Gasteiger charge is -2.33. The first-order chi connectivity index (χ1) is 15.8. The Balaban J connectivity index is 0.00000126. The lowest BCUT2D eigenvalue weighted by molar-refractivity contribution is -0.141. The standard InChI is InChI=1S/C21H23F3N6O.C2H6/c1-13-26-17-12-30(11-16(17)19(27-13)28-6-2-7-28)20(31)14-5-8-29(10-14)15-3-4-18(25-9-15)21(22,23)24;1-2/h3-4,9,14H,2,5-8,10-12H2,1H3;1-2H3. The summed E-state index contributed by atoms with van der Waals surface area (Å²) in [6, 6.07) is 2.41. The molecule has 3 aliphatic heterocycles. The van der Waals surface area contributed by atoms with Crippen LogP contribution in [-0.2, 0) is 24.1 Å². The van der Waals surface area contributed by atoms with Gasteiger partial charge in [-0.25, -0.2) is 15.0 Å². The molecule has 2 saturated heterocycles. The van der Waals surface area contributed by atoms with Gasteiger partial charge in [-0.1, -0.05) is 13.8 Å². The zero-order chi connectivity index (χ0) is 23.8. The Morgan fingerprint density at radius 2 is 1.82 bits per heavy atom. The van der Waals surface area contributed by atoms with Crippen molar-refractivity contribution in [3.8, 4) is 0 Å². The zero-order valence-electron chi connectivity index (χ0n) is 19.2. The molecule has 10 heteroatoms. The van der Waals surface area contributed by atoms with Gasteiger partial charge in [-0.15, -0.1) is 0 Å². The van der Waals surface area contributed by atoms with Crippen LogP contribution in [0, 0.1) is 12.8 Å². The molecular weight excluding hydrogens is 433 g/mol. The number of fused-ring (bicyclic) bond motifs is 1. The number of amides is 1. The predicted molar refractivity (Wildman–Crippen MR) is 119 cm³/mol. The van der Waals surface area contributed by atoms with E-state index in [-0.39, 0.29) is 11.8 Å². The molecular formula is C23H29F3N6O. The number of aryl methyl sites for hydroxylation is 1. The van der Waals surface area contributed by atoms with Gasteiger partial charge < -0.3 is 14.7 Å². The van der Waals surface area contributed by atoms with E-state index in [2.05, 4.69) is 19.9 Å². The summed E-state index contributed by atoms with van der Waals surface area (Å²) in [4.78, 5) is 31.9. The number of hydrogen-bond acceptors (Lipinski definition) is 6. The third-order valence-electron chi connectivity index (χ3n) is 6.28. The summed E-state index contributed by atoms with van der Waals surface area (Å²) in [5, 5.41) is 0. The van der Waals surface area contributed by atoms with Crippen molar-refractivity contribution in [3.63, 3.8) is 0 Å². The van der Waals surface area contributed by atoms with Gasteiger partial charge in [-0.2, -0.15) is 13.2 Å². The third kappa shape index (κ3) is 4.60. The number of anilines is 2. The molecule has 1 atom stereocenters. The van der Waals surface area contributed by atoms with E-state index in [0.717, 1.165) is 48.5 Å². The van der Waals surface area contributed by atoms with Crippen molar-refractivity contribution in [2.75, 3.05) is 36.0 Å². The highest BCUT2D eigenvalue weighted by atomic mass is 19.4. The van der Waals surface area contributed by atoms with Gasteiger partial charge in [0, 0.05) is 31.7 Å². The molecule has 178 valence electrons. The van der Waals surface area contributed by atoms with Gasteiger partial charge in [0.05, 0.1) is 36.6 Å². The van der Waals surface area contributed by atoms with Crippen LogP contribution in [0.1, 0.15) is 49.5 Å². The van der Waals surface area contributed by atoms with Gasteiger partial charge in [0.15, 0.2) is 0 Å². The second-order valence-corrected chi connectivity index (χ2v) is 8.39. The van der Waals surface area contributed by atoms with E-state index in [0.29, 0.717) is 38.3 Å². The van der Waals surface area contributed by atoms with Gasteiger partial charge in [0.2, 0.25) is 5.91 Å². The fourth-order valence-electron chi connectivity index (χ4n) is 4.50. The van der Waals surface area contributed by atoms with Crippen LogP contribution < -0.4 is 9.80 Å². The molecule has 1 unspecified atom stereocenters. The number of alkyl halides is 3. The maximum absolute atomic E-state index is 13.2. The molecule has 0 aliphatic carbocycles. The van der Waals surface area contributed by atoms with E-state index in [1.807, 2.05) is 30.6 Å². The molecule has 5 rings (SSSR count). The molecule has 2 fully saturated rings. The highest BCUT2D eigenvalue weighted by Crippen LogP contribution is 2.34. The second-order valence-electron chi connectivity index (χ2n) is 8.39. The number of nitrogens with zero attached hydrogens (tertiary/aromatic N) is 6. The van der Waals surface area contributed by atoms with Crippen molar-refractivity contribution in [2.24, 2.45) is 5.92 Å². The summed E-state index contributed by atoms with van der Waals surface area (Å²) >= 11 is 0. The summed E-state index contributed by atoms with van der Waals surface area (Å²) in [6.07, 6.45) is -1.41. The molecule has 2 aromatic heterocycles. The highest BCUT2D eigenvalue weighted by molar-refractivity contribution is 5.81. The number of carbonyl (C=O) groups excluding carboxylic acids is 1. The molecule has 2 aromatic rings. The van der Waals surface area contributed by atoms with E-state index >= 15 is 0 Å². The monoisotopic (exact) mass is 462 g/mol. The smallest absolute Gasteiger partial charge is 0.369 e. The van der Waals surface area contributed by atoms with Crippen molar-refractivity contribution < 1.29 is 18.0 Å². The van der Waals surface area contributed by atoms with Crippen LogP contribution in [0.15, 0.2) is 18.3 Å². The molecule has 3 aliphatic rings. The topological polar surface area (TPSA) is 65.5 Å². The Bertz CT molecular complexity index is 1010. The summed E-state index contributed by atoms with van der Waals surface area (Å²) in [6.45, 7) is 9.92. The molecule has 0 N–H and O–H groups in total. The number of hydrogen-bond donors (Lipinski definition) is 0. The fourth-order valence-corrected chi connectivity index (χ4v) is 4.50. The van der Waals surface area contributed by atoms with Crippen molar-refractivity contribution in [2.45, 2.75) is 52.9 Å². The van der Waals surface area contributed by atoms with Gasteiger partial charge in [0.1, 0.15) is 17.3 Å². The maximum Gasteiger partial charge on any atom is 0.433 e. The number of carbonyl (C=O) groups is 1. The fraction of sp³-hybridized carbons (Fsp3) is 0.565. The number of rotatable bonds is 3. The molecule has 0 bridgehead atoms. The third-order valence-corrected chi connectivity index (χ3v) is 6.28. The largest absolute Gasteiger partial charge is 0.433 e. The Morgan fingerprint density at radius 3 is 2.42 bits per heavy atom. The summed E-state index contributed by atoms with van der Waals surface area (Å²) in [5.74, 6) is 1.54. The molecule has 0 saturated carbocycles. The molecule has 5 heterocycles. The summed E-state index contributed by atoms with van der Waals surface area (Å²) in [5.41, 5.74) is 1.66. The molecule has 0 radical (unpaired) electrons. The first-order valence-corrected chi connectivity index (χ1v) is 11.5. The lowest BCUT2D eigenvalue weighted by atomic mass is 10.1. The molecule has 1 amide bonds. The van der Waals surface area contributed by atoms with Crippen molar-refractivity contribution in [1.82, 2.24) is 19.9 Å². The first kappa shape index (κ1) is 23.3. The molecule has 33 heavy (non-hydrogen) atoms. The van der Waals surface area contributed by atoms with Crippen LogP contribution in [0.2, 0.25) is 0 Å². The maximum atomic E-state index is 13.2. The normalized spacial score (nSPS) is 19.7. The number of halogens is 3. The minimum absolute atomic E-state index is 0.0626. The van der Waals surface area contributed by atoms with Gasteiger partial charge in [-0.3, -0.25) is 4.79 Å². The van der Waals surface area contributed by atoms with E-state index < -0.39 is 11.9 Å². The van der Waals surface area contributed by atoms with Crippen LogP contribution >= 0.6 is 0 Å². The van der Waals surface area contributed by atoms with Gasteiger partial charge >= 0.3 is 6.18 Å². The minimum Gasteiger partial charge on any atom is -0.369 e. The minimum atomic E-state index is -4.46. The van der Waals surface area contributed by atoms with Crippen LogP contribution in [0.4, 0.5) is 24.7 Å². The molecule has 0 spiro atoms. The molecule has 7 nitrogen and oxygen atoms in total. The lowest BCUT2D eigenvalue weighted by Crippen LogP contribution is -2.39. The number of aromatic nitrogens is 3. The van der Waals surface area contributed by atoms with Crippen molar-refractivity contribution in [3.05, 3.63) is 41.1 Å². The van der Waals surface area contributed by atoms with Crippen LogP contribution in [0.25, 0.3) is 0 Å². The average Bonchev–Trinajstić information content (AvgIpc) is 3.40. The second kappa shape index (κ2) is 9.15. The van der Waals surface area contributed by atoms with E-state index in [1.165, 1.54) is 12.3 Å². The van der Waals surface area contributed by atoms with Crippen LogP contribution in [0.3, 0.4) is 0 Å². The van der Waals surface area contributed by atoms with E-state index in [1.54, 1.807) is 0 Å². The highest BCUT2D eigenvalue weighted by Gasteiger charge is 2.37. The first-order valence-electron chi connectivity index (χ1n) is 11.5. The van der Waals surface area contributed by atoms with Crippen LogP contribution in [-0.4, -0.2) is 51.9 Å². The van der Waals surface area contributed by atoms with E-state index in [4.69, 9.17) is 0 Å². The predicted octanol–water partition coefficient (Wildman–Crippen LogP) is 3.80. The van der Waals surface area contributed by atoms with Crippen molar-refractivity contribution in [1.29, 1.82) is 0 Å². The van der Waals surface area contributed by atoms with Gasteiger partial charge in [0.25, 0.3) is 0 Å². The molecule has 0 aromatic carbocycles. The Hall–Kier alpha value is -2.91. The Kier molecular flexibility index (Phi) is 6.45. The zero-order valence-corrected chi connectivity index (χ0v) is 19.2. The quantitative estimate of drug-likeness (QED) is 0.691. The van der Waals surface area contributed by atoms with Crippen molar-refractivity contribution >= 4 is 17.4 Å². The summed E-state index contributed by atoms with van der Waals surface area (Å²) in [7, 11) is 0.